The van der Waals surface area contributed by atoms with E-state index in [1.165, 1.54) is 19.1 Å². The van der Waals surface area contributed by atoms with E-state index in [2.05, 4.69) is 5.32 Å². The Morgan fingerprint density at radius 3 is 2.19 bits per heavy atom. The quantitative estimate of drug-likeness (QED) is 0.788. The molecule has 1 N–H and O–H groups in total. The molecule has 0 radical (unpaired) electrons. The number of Topliss-reactive ketones (excluding diaryl/α,β-unsaturated/α-hetero) is 1. The Labute approximate surface area is 157 Å². The van der Waals surface area contributed by atoms with Crippen molar-refractivity contribution < 1.29 is 27.5 Å². The second-order valence-corrected chi connectivity index (χ2v) is 8.25. The van der Waals surface area contributed by atoms with E-state index in [1.807, 2.05) is 0 Å². The molecule has 0 saturated carbocycles. The van der Waals surface area contributed by atoms with E-state index in [4.69, 9.17) is 9.47 Å². The lowest BCUT2D eigenvalue weighted by Crippen LogP contribution is -2.19. The number of sulfone groups is 1. The molecule has 0 aliphatic carbocycles. The first-order valence-electron chi connectivity index (χ1n) is 8.27. The Hall–Kier alpha value is -2.87. The van der Waals surface area contributed by atoms with Gasteiger partial charge in [0.1, 0.15) is 13.2 Å². The van der Waals surface area contributed by atoms with Crippen molar-refractivity contribution >= 4 is 27.2 Å². The Kier molecular flexibility index (Phi) is 5.18. The molecule has 1 amide bonds. The summed E-state index contributed by atoms with van der Waals surface area (Å²) in [7, 11) is -3.28. The van der Waals surface area contributed by atoms with Gasteiger partial charge in [-0.1, -0.05) is 12.1 Å². The number of fused-ring (bicyclic) bond motifs is 1. The van der Waals surface area contributed by atoms with Crippen molar-refractivity contribution in [3.63, 3.8) is 0 Å². The molecule has 1 heterocycles. The molecule has 0 bridgehead atoms. The zero-order chi connectivity index (χ0) is 19.6. The number of hydrogen-bond acceptors (Lipinski definition) is 6. The standard InChI is InChI=1S/C19H19NO6S/c1-12(21)15-10-17-18(26-8-7-25-17)11-16(15)20-19(22)9-13-3-5-14(6-4-13)27(2,23)24/h3-6,10-11H,7-9H2,1-2H3,(H,20,22). The van der Waals surface area contributed by atoms with Gasteiger partial charge in [-0.3, -0.25) is 9.59 Å². The summed E-state index contributed by atoms with van der Waals surface area (Å²) in [4.78, 5) is 24.5. The zero-order valence-corrected chi connectivity index (χ0v) is 15.8. The van der Waals surface area contributed by atoms with Gasteiger partial charge in [-0.2, -0.15) is 0 Å². The number of hydrogen-bond donors (Lipinski definition) is 1. The van der Waals surface area contributed by atoms with E-state index in [-0.39, 0.29) is 23.0 Å². The second kappa shape index (κ2) is 7.40. The highest BCUT2D eigenvalue weighted by molar-refractivity contribution is 7.90. The third-order valence-corrected chi connectivity index (χ3v) is 5.18. The van der Waals surface area contributed by atoms with Crippen LogP contribution in [0.25, 0.3) is 0 Å². The van der Waals surface area contributed by atoms with Crippen LogP contribution in [0.15, 0.2) is 41.3 Å². The molecule has 2 aromatic rings. The lowest BCUT2D eigenvalue weighted by atomic mass is 10.1. The summed E-state index contributed by atoms with van der Waals surface area (Å²) in [5, 5.41) is 2.72. The van der Waals surface area contributed by atoms with Crippen LogP contribution in [0.4, 0.5) is 5.69 Å². The maximum absolute atomic E-state index is 12.4. The first kappa shape index (κ1) is 18.9. The number of carbonyl (C=O) groups is 2. The highest BCUT2D eigenvalue weighted by atomic mass is 32.2. The summed E-state index contributed by atoms with van der Waals surface area (Å²) in [5.41, 5.74) is 1.34. The summed E-state index contributed by atoms with van der Waals surface area (Å²) < 4.78 is 34.0. The van der Waals surface area contributed by atoms with Gasteiger partial charge in [-0.25, -0.2) is 8.42 Å². The third-order valence-electron chi connectivity index (χ3n) is 4.05. The van der Waals surface area contributed by atoms with Crippen molar-refractivity contribution in [2.45, 2.75) is 18.2 Å². The van der Waals surface area contributed by atoms with E-state index >= 15 is 0 Å². The number of carbonyl (C=O) groups excluding carboxylic acids is 2. The fourth-order valence-corrected chi connectivity index (χ4v) is 3.35. The Morgan fingerprint density at radius 2 is 1.63 bits per heavy atom. The first-order valence-corrected chi connectivity index (χ1v) is 10.2. The van der Waals surface area contributed by atoms with Crippen molar-refractivity contribution in [3.05, 3.63) is 47.5 Å². The number of amides is 1. The molecule has 0 saturated heterocycles. The van der Waals surface area contributed by atoms with Gasteiger partial charge in [-0.05, 0) is 30.7 Å². The lowest BCUT2D eigenvalue weighted by molar-refractivity contribution is -0.115. The second-order valence-electron chi connectivity index (χ2n) is 6.24. The fourth-order valence-electron chi connectivity index (χ4n) is 2.72. The first-order chi connectivity index (χ1) is 12.7. The molecule has 0 spiro atoms. The van der Waals surface area contributed by atoms with Gasteiger partial charge >= 0.3 is 0 Å². The van der Waals surface area contributed by atoms with Gasteiger partial charge in [0.25, 0.3) is 0 Å². The van der Waals surface area contributed by atoms with Crippen molar-refractivity contribution in [2.75, 3.05) is 24.8 Å². The Bertz CT molecular complexity index is 996. The minimum Gasteiger partial charge on any atom is -0.486 e. The average Bonchev–Trinajstić information content (AvgIpc) is 2.60. The van der Waals surface area contributed by atoms with E-state index in [0.29, 0.717) is 41.5 Å². The molecule has 1 aliphatic heterocycles. The van der Waals surface area contributed by atoms with Crippen LogP contribution < -0.4 is 14.8 Å². The normalized spacial score (nSPS) is 13.1. The lowest BCUT2D eigenvalue weighted by Gasteiger charge is -2.20. The number of nitrogens with one attached hydrogen (secondary N) is 1. The SMILES string of the molecule is CC(=O)c1cc2c(cc1NC(=O)Cc1ccc(S(C)(=O)=O)cc1)OCCO2. The highest BCUT2D eigenvalue weighted by Gasteiger charge is 2.19. The Balaban J connectivity index is 1.78. The monoisotopic (exact) mass is 389 g/mol. The molecule has 27 heavy (non-hydrogen) atoms. The molecule has 1 aliphatic rings. The third kappa shape index (κ3) is 4.46. The van der Waals surface area contributed by atoms with Gasteiger partial charge in [0, 0.05) is 17.9 Å². The van der Waals surface area contributed by atoms with E-state index in [0.717, 1.165) is 6.26 Å². The molecule has 0 unspecified atom stereocenters. The fraction of sp³-hybridized carbons (Fsp3) is 0.263. The molecular weight excluding hydrogens is 370 g/mol. The molecule has 0 aromatic heterocycles. The van der Waals surface area contributed by atoms with E-state index in [1.54, 1.807) is 24.3 Å². The minimum absolute atomic E-state index is 0.0375. The van der Waals surface area contributed by atoms with Crippen molar-refractivity contribution in [1.29, 1.82) is 0 Å². The topological polar surface area (TPSA) is 98.8 Å². The van der Waals surface area contributed by atoms with E-state index < -0.39 is 9.84 Å². The molecule has 0 fully saturated rings. The molecular formula is C19H19NO6S. The molecule has 8 heteroatoms. The maximum atomic E-state index is 12.4. The summed E-state index contributed by atoms with van der Waals surface area (Å²) in [6.45, 7) is 2.21. The number of ketones is 1. The van der Waals surface area contributed by atoms with Crippen LogP contribution in [0.3, 0.4) is 0 Å². The number of anilines is 1. The summed E-state index contributed by atoms with van der Waals surface area (Å²) in [6, 6.07) is 9.24. The zero-order valence-electron chi connectivity index (χ0n) is 14.9. The van der Waals surface area contributed by atoms with Crippen LogP contribution in [0.2, 0.25) is 0 Å². The van der Waals surface area contributed by atoms with Crippen LogP contribution in [0.5, 0.6) is 11.5 Å². The van der Waals surface area contributed by atoms with E-state index in [9.17, 15) is 18.0 Å². The van der Waals surface area contributed by atoms with Crippen LogP contribution in [0.1, 0.15) is 22.8 Å². The smallest absolute Gasteiger partial charge is 0.228 e. The largest absolute Gasteiger partial charge is 0.486 e. The minimum atomic E-state index is -3.28. The van der Waals surface area contributed by atoms with Crippen LogP contribution >= 0.6 is 0 Å². The predicted molar refractivity (Wildman–Crippen MR) is 99.3 cm³/mol. The summed E-state index contributed by atoms with van der Waals surface area (Å²) in [5.74, 6) is 0.404. The van der Waals surface area contributed by atoms with Gasteiger partial charge in [-0.15, -0.1) is 0 Å². The Morgan fingerprint density at radius 1 is 1.04 bits per heavy atom. The van der Waals surface area contributed by atoms with Crippen molar-refractivity contribution in [3.8, 4) is 11.5 Å². The number of benzene rings is 2. The summed E-state index contributed by atoms with van der Waals surface area (Å²) in [6.07, 6.45) is 1.16. The predicted octanol–water partition coefficient (Wildman–Crippen LogP) is 2.25. The van der Waals surface area contributed by atoms with Gasteiger partial charge in [0.2, 0.25) is 5.91 Å². The van der Waals surface area contributed by atoms with Gasteiger partial charge in [0.05, 0.1) is 17.0 Å². The van der Waals surface area contributed by atoms with Gasteiger partial charge in [0.15, 0.2) is 27.1 Å². The number of rotatable bonds is 5. The average molecular weight is 389 g/mol. The molecule has 142 valence electrons. The van der Waals surface area contributed by atoms with Crippen LogP contribution in [-0.4, -0.2) is 39.6 Å². The van der Waals surface area contributed by atoms with Crippen LogP contribution in [0, 0.1) is 0 Å². The molecule has 2 aromatic carbocycles. The van der Waals surface area contributed by atoms with Crippen LogP contribution in [-0.2, 0) is 21.1 Å². The number of ether oxygens (including phenoxy) is 2. The van der Waals surface area contributed by atoms with Crippen molar-refractivity contribution in [2.24, 2.45) is 0 Å². The summed E-state index contributed by atoms with van der Waals surface area (Å²) >= 11 is 0. The molecule has 0 atom stereocenters. The van der Waals surface area contributed by atoms with Crippen molar-refractivity contribution in [1.82, 2.24) is 0 Å². The maximum Gasteiger partial charge on any atom is 0.228 e. The van der Waals surface area contributed by atoms with Gasteiger partial charge < -0.3 is 14.8 Å². The molecule has 3 rings (SSSR count). The highest BCUT2D eigenvalue weighted by Crippen LogP contribution is 2.36. The molecule has 7 nitrogen and oxygen atoms in total.